The molecule has 26 heavy (non-hydrogen) atoms. The molecule has 1 aromatic carbocycles. The Balaban J connectivity index is 1.61. The maximum absolute atomic E-state index is 13.3. The van der Waals surface area contributed by atoms with E-state index >= 15 is 0 Å². The van der Waals surface area contributed by atoms with E-state index in [2.05, 4.69) is 10.2 Å². The number of hydrogen-bond donors (Lipinski definition) is 1. The van der Waals surface area contributed by atoms with Gasteiger partial charge < -0.3 is 14.4 Å². The zero-order valence-electron chi connectivity index (χ0n) is 15.3. The smallest absolute Gasteiger partial charge is 0.254 e. The molecule has 1 saturated carbocycles. The molecule has 1 amide bonds. The van der Waals surface area contributed by atoms with Crippen molar-refractivity contribution >= 4 is 5.91 Å². The molecule has 0 bridgehead atoms. The molecule has 2 fully saturated rings. The second kappa shape index (κ2) is 6.85. The number of methoxy groups -OCH3 is 2. The molecule has 3 atom stereocenters. The van der Waals surface area contributed by atoms with Crippen molar-refractivity contribution in [3.05, 3.63) is 42.2 Å². The Labute approximate surface area is 153 Å². The van der Waals surface area contributed by atoms with Crippen LogP contribution in [0.1, 0.15) is 36.0 Å². The summed E-state index contributed by atoms with van der Waals surface area (Å²) in [5.74, 6) is 0.0658. The third-order valence-electron chi connectivity index (χ3n) is 6.08. The number of ether oxygens (including phenoxy) is 2. The van der Waals surface area contributed by atoms with Crippen molar-refractivity contribution in [2.45, 2.75) is 43.4 Å². The molecule has 1 aliphatic carbocycles. The summed E-state index contributed by atoms with van der Waals surface area (Å²) in [6, 6.07) is 7.81. The number of benzene rings is 1. The number of H-pyrrole nitrogens is 1. The van der Waals surface area contributed by atoms with Crippen LogP contribution < -0.4 is 0 Å². The van der Waals surface area contributed by atoms with Gasteiger partial charge in [0.05, 0.1) is 23.9 Å². The largest absolute Gasteiger partial charge is 0.381 e. The molecule has 1 N–H and O–H groups in total. The monoisotopic (exact) mass is 355 g/mol. The lowest BCUT2D eigenvalue weighted by Gasteiger charge is -2.43. The first-order valence-electron chi connectivity index (χ1n) is 9.15. The number of amides is 1. The quantitative estimate of drug-likeness (QED) is 0.916. The number of carbonyl (C=O) groups excluding carboxylic acids is 1. The van der Waals surface area contributed by atoms with E-state index in [1.54, 1.807) is 20.4 Å². The van der Waals surface area contributed by atoms with Gasteiger partial charge in [0, 0.05) is 38.1 Å². The number of rotatable bonds is 4. The van der Waals surface area contributed by atoms with Crippen molar-refractivity contribution in [2.24, 2.45) is 0 Å². The van der Waals surface area contributed by atoms with Crippen LogP contribution in [0.3, 0.4) is 0 Å². The van der Waals surface area contributed by atoms with Crippen LogP contribution in [0.4, 0.5) is 0 Å². The molecule has 2 aliphatic rings. The van der Waals surface area contributed by atoms with E-state index < -0.39 is 0 Å². The summed E-state index contributed by atoms with van der Waals surface area (Å²) >= 11 is 0. The number of aromatic amines is 1. The number of nitrogens with one attached hydrogen (secondary N) is 1. The van der Waals surface area contributed by atoms with Crippen molar-refractivity contribution in [1.29, 1.82) is 0 Å². The summed E-state index contributed by atoms with van der Waals surface area (Å²) < 4.78 is 11.5. The van der Waals surface area contributed by atoms with Gasteiger partial charge in [-0.3, -0.25) is 9.89 Å². The highest BCUT2D eigenvalue weighted by molar-refractivity contribution is 5.96. The summed E-state index contributed by atoms with van der Waals surface area (Å²) in [6.45, 7) is 0.726. The predicted octanol–water partition coefficient (Wildman–Crippen LogP) is 2.88. The summed E-state index contributed by atoms with van der Waals surface area (Å²) in [5, 5.41) is 6.81. The van der Waals surface area contributed by atoms with Crippen LogP contribution >= 0.6 is 0 Å². The van der Waals surface area contributed by atoms with Gasteiger partial charge in [0.15, 0.2) is 0 Å². The molecular formula is C20H25N3O3. The van der Waals surface area contributed by atoms with Gasteiger partial charge in [-0.25, -0.2) is 0 Å². The van der Waals surface area contributed by atoms with Gasteiger partial charge in [-0.1, -0.05) is 12.1 Å². The number of hydrogen-bond acceptors (Lipinski definition) is 4. The lowest BCUT2D eigenvalue weighted by atomic mass is 9.79. The molecule has 6 nitrogen and oxygen atoms in total. The molecule has 0 spiro atoms. The maximum Gasteiger partial charge on any atom is 0.254 e. The molecule has 1 aromatic heterocycles. The van der Waals surface area contributed by atoms with Crippen molar-refractivity contribution in [3.8, 4) is 11.1 Å². The lowest BCUT2D eigenvalue weighted by Crippen LogP contribution is -2.53. The zero-order valence-corrected chi connectivity index (χ0v) is 15.3. The second-order valence-electron chi connectivity index (χ2n) is 7.23. The fourth-order valence-electron chi connectivity index (χ4n) is 4.53. The number of carbonyl (C=O) groups is 1. The Bertz CT molecular complexity index is 776. The molecule has 6 heteroatoms. The minimum absolute atomic E-state index is 0.0658. The molecule has 4 rings (SSSR count). The standard InChI is InChI=1S/C20H25N3O3/c1-25-17-6-7-20(26-2)8-9-23(18(20)11-17)19(24)15-5-3-4-14(10-15)16-12-21-22-13-16/h3-5,10,12-13,17-18H,6-9,11H2,1-2H3,(H,21,22)/t17-,18-,20+/m0/s1. The predicted molar refractivity (Wildman–Crippen MR) is 97.9 cm³/mol. The van der Waals surface area contributed by atoms with E-state index in [-0.39, 0.29) is 23.7 Å². The number of fused-ring (bicyclic) bond motifs is 1. The number of likely N-dealkylation sites (tertiary alicyclic amines) is 1. The van der Waals surface area contributed by atoms with Crippen LogP contribution in [0, 0.1) is 0 Å². The molecule has 2 heterocycles. The molecule has 0 unspecified atom stereocenters. The highest BCUT2D eigenvalue weighted by Gasteiger charge is 2.52. The minimum atomic E-state index is -0.229. The second-order valence-corrected chi connectivity index (χ2v) is 7.23. The summed E-state index contributed by atoms with van der Waals surface area (Å²) in [5.41, 5.74) is 2.44. The highest BCUT2D eigenvalue weighted by Crippen LogP contribution is 2.43. The summed E-state index contributed by atoms with van der Waals surface area (Å²) in [6.07, 6.45) is 7.42. The zero-order chi connectivity index (χ0) is 18.1. The average Bonchev–Trinajstić information content (AvgIpc) is 3.35. The van der Waals surface area contributed by atoms with E-state index in [1.807, 2.05) is 35.4 Å². The third-order valence-corrected chi connectivity index (χ3v) is 6.08. The van der Waals surface area contributed by atoms with Gasteiger partial charge in [0.1, 0.15) is 0 Å². The molecule has 1 saturated heterocycles. The Hall–Kier alpha value is -2.18. The molecule has 2 aromatic rings. The van der Waals surface area contributed by atoms with E-state index in [0.29, 0.717) is 5.56 Å². The summed E-state index contributed by atoms with van der Waals surface area (Å²) in [7, 11) is 3.52. The lowest BCUT2D eigenvalue weighted by molar-refractivity contribution is -0.0893. The van der Waals surface area contributed by atoms with Gasteiger partial charge >= 0.3 is 0 Å². The maximum atomic E-state index is 13.3. The van der Waals surface area contributed by atoms with Gasteiger partial charge in [-0.05, 0) is 43.4 Å². The average molecular weight is 355 g/mol. The van der Waals surface area contributed by atoms with Crippen LogP contribution in [-0.4, -0.2) is 59.5 Å². The normalized spacial score (nSPS) is 28.2. The van der Waals surface area contributed by atoms with Crippen molar-refractivity contribution < 1.29 is 14.3 Å². The van der Waals surface area contributed by atoms with Crippen LogP contribution in [0.25, 0.3) is 11.1 Å². The first-order valence-corrected chi connectivity index (χ1v) is 9.15. The fourth-order valence-corrected chi connectivity index (χ4v) is 4.53. The molecule has 0 radical (unpaired) electrons. The Morgan fingerprint density at radius 2 is 2.19 bits per heavy atom. The molecule has 138 valence electrons. The van der Waals surface area contributed by atoms with Crippen molar-refractivity contribution in [1.82, 2.24) is 15.1 Å². The van der Waals surface area contributed by atoms with Gasteiger partial charge in [-0.15, -0.1) is 0 Å². The van der Waals surface area contributed by atoms with Crippen LogP contribution in [0.2, 0.25) is 0 Å². The number of nitrogens with zero attached hydrogens (tertiary/aromatic N) is 2. The van der Waals surface area contributed by atoms with E-state index in [9.17, 15) is 4.79 Å². The number of aromatic nitrogens is 2. The Kier molecular flexibility index (Phi) is 4.54. The van der Waals surface area contributed by atoms with E-state index in [4.69, 9.17) is 9.47 Å². The minimum Gasteiger partial charge on any atom is -0.381 e. The van der Waals surface area contributed by atoms with Crippen LogP contribution in [0.15, 0.2) is 36.7 Å². The van der Waals surface area contributed by atoms with Gasteiger partial charge in [-0.2, -0.15) is 5.10 Å². The first-order chi connectivity index (χ1) is 12.7. The van der Waals surface area contributed by atoms with Crippen molar-refractivity contribution in [3.63, 3.8) is 0 Å². The third kappa shape index (κ3) is 2.83. The van der Waals surface area contributed by atoms with Crippen LogP contribution in [-0.2, 0) is 9.47 Å². The summed E-state index contributed by atoms with van der Waals surface area (Å²) in [4.78, 5) is 15.3. The van der Waals surface area contributed by atoms with Gasteiger partial charge in [0.25, 0.3) is 5.91 Å². The Morgan fingerprint density at radius 1 is 1.31 bits per heavy atom. The van der Waals surface area contributed by atoms with Gasteiger partial charge in [0.2, 0.25) is 0 Å². The SMILES string of the molecule is CO[C@H]1CC[C@@]2(OC)CCN(C(=O)c3cccc(-c4cn[nH]c4)c3)[C@H]2C1. The first kappa shape index (κ1) is 17.2. The molecular weight excluding hydrogens is 330 g/mol. The highest BCUT2D eigenvalue weighted by atomic mass is 16.5. The van der Waals surface area contributed by atoms with Crippen molar-refractivity contribution in [2.75, 3.05) is 20.8 Å². The topological polar surface area (TPSA) is 67.5 Å². The van der Waals surface area contributed by atoms with Crippen LogP contribution in [0.5, 0.6) is 0 Å². The van der Waals surface area contributed by atoms with E-state index in [0.717, 1.165) is 43.4 Å². The van der Waals surface area contributed by atoms with E-state index in [1.165, 1.54) is 0 Å². The molecule has 1 aliphatic heterocycles. The fraction of sp³-hybridized carbons (Fsp3) is 0.500. The Morgan fingerprint density at radius 3 is 2.92 bits per heavy atom.